The molecule has 0 amide bonds. The highest BCUT2D eigenvalue weighted by atomic mass is 35.5. The van der Waals surface area contributed by atoms with Crippen LogP contribution in [-0.4, -0.2) is 13.2 Å². The number of thiophene rings is 1. The van der Waals surface area contributed by atoms with Crippen LogP contribution >= 0.6 is 46.1 Å². The van der Waals surface area contributed by atoms with Gasteiger partial charge in [0.25, 0.3) is 0 Å². The monoisotopic (exact) mass is 349 g/mol. The van der Waals surface area contributed by atoms with Gasteiger partial charge < -0.3 is 10.1 Å². The summed E-state index contributed by atoms with van der Waals surface area (Å²) in [5, 5.41) is 6.75. The first-order chi connectivity index (χ1) is 9.58. The predicted octanol–water partition coefficient (Wildman–Crippen LogP) is 5.19. The molecule has 108 valence electrons. The van der Waals surface area contributed by atoms with Gasteiger partial charge in [-0.15, -0.1) is 11.3 Å². The molecule has 0 fully saturated rings. The molecule has 2 nitrogen and oxygen atoms in total. The van der Waals surface area contributed by atoms with E-state index in [1.807, 2.05) is 0 Å². The molecule has 2 rings (SSSR count). The summed E-state index contributed by atoms with van der Waals surface area (Å²) >= 11 is 19.6. The third kappa shape index (κ3) is 4.27. The first-order valence-electron chi connectivity index (χ1n) is 6.09. The Kier molecular flexibility index (Phi) is 6.00. The second-order valence-electron chi connectivity index (χ2n) is 4.25. The SMILES string of the molecule is Cc1ccsc1CNCCOc1cc(Cl)c(Cl)cc1Cl. The molecular weight excluding hydrogens is 337 g/mol. The van der Waals surface area contributed by atoms with Crippen molar-refractivity contribution in [1.29, 1.82) is 0 Å². The largest absolute Gasteiger partial charge is 0.491 e. The van der Waals surface area contributed by atoms with E-state index in [1.54, 1.807) is 23.5 Å². The van der Waals surface area contributed by atoms with Crippen LogP contribution in [0.1, 0.15) is 10.4 Å². The zero-order valence-corrected chi connectivity index (χ0v) is 14.0. The molecule has 1 N–H and O–H groups in total. The number of ether oxygens (including phenoxy) is 1. The van der Waals surface area contributed by atoms with Crippen molar-refractivity contribution in [3.05, 3.63) is 49.1 Å². The third-order valence-electron chi connectivity index (χ3n) is 2.76. The zero-order chi connectivity index (χ0) is 14.5. The Labute approximate surface area is 137 Å². The van der Waals surface area contributed by atoms with Crippen LogP contribution in [0.15, 0.2) is 23.6 Å². The van der Waals surface area contributed by atoms with E-state index in [1.165, 1.54) is 10.4 Å². The van der Waals surface area contributed by atoms with Crippen molar-refractivity contribution >= 4 is 46.1 Å². The molecule has 2 aromatic rings. The van der Waals surface area contributed by atoms with Crippen LogP contribution in [0.4, 0.5) is 0 Å². The molecule has 0 radical (unpaired) electrons. The third-order valence-corrected chi connectivity index (χ3v) is 4.81. The number of halogens is 3. The van der Waals surface area contributed by atoms with Crippen LogP contribution in [0.25, 0.3) is 0 Å². The molecule has 0 unspecified atom stereocenters. The molecule has 1 aromatic heterocycles. The maximum atomic E-state index is 6.03. The van der Waals surface area contributed by atoms with Gasteiger partial charge in [0.05, 0.1) is 15.1 Å². The molecule has 0 atom stereocenters. The highest BCUT2D eigenvalue weighted by Crippen LogP contribution is 2.33. The molecule has 0 aliphatic carbocycles. The van der Waals surface area contributed by atoms with Crippen LogP contribution in [0.5, 0.6) is 5.75 Å². The molecule has 0 saturated carbocycles. The normalized spacial score (nSPS) is 10.8. The van der Waals surface area contributed by atoms with Crippen molar-refractivity contribution in [3.8, 4) is 5.75 Å². The Morgan fingerprint density at radius 2 is 1.90 bits per heavy atom. The smallest absolute Gasteiger partial charge is 0.139 e. The van der Waals surface area contributed by atoms with Crippen LogP contribution in [0.3, 0.4) is 0 Å². The number of rotatable bonds is 6. The fraction of sp³-hybridized carbons (Fsp3) is 0.286. The molecule has 1 heterocycles. The van der Waals surface area contributed by atoms with Gasteiger partial charge >= 0.3 is 0 Å². The summed E-state index contributed by atoms with van der Waals surface area (Å²) in [5.74, 6) is 0.551. The molecule has 0 aliphatic heterocycles. The van der Waals surface area contributed by atoms with E-state index in [-0.39, 0.29) is 0 Å². The molecule has 0 saturated heterocycles. The van der Waals surface area contributed by atoms with Gasteiger partial charge in [-0.1, -0.05) is 34.8 Å². The molecular formula is C14H14Cl3NOS. The standard InChI is InChI=1S/C14H14Cl3NOS/c1-9-2-5-20-14(9)8-18-3-4-19-13-7-11(16)10(15)6-12(13)17/h2,5-7,18H,3-4,8H2,1H3. The maximum Gasteiger partial charge on any atom is 0.139 e. The predicted molar refractivity (Wildman–Crippen MR) is 87.7 cm³/mol. The lowest BCUT2D eigenvalue weighted by atomic mass is 10.3. The van der Waals surface area contributed by atoms with Crippen molar-refractivity contribution < 1.29 is 4.74 Å². The number of nitrogens with one attached hydrogen (secondary N) is 1. The Morgan fingerprint density at radius 3 is 2.60 bits per heavy atom. The summed E-state index contributed by atoms with van der Waals surface area (Å²) in [4.78, 5) is 1.34. The van der Waals surface area contributed by atoms with Crippen molar-refractivity contribution in [2.24, 2.45) is 0 Å². The lowest BCUT2D eigenvalue weighted by molar-refractivity contribution is 0.314. The van der Waals surface area contributed by atoms with Gasteiger partial charge in [-0.2, -0.15) is 0 Å². The van der Waals surface area contributed by atoms with Gasteiger partial charge in [0.15, 0.2) is 0 Å². The summed E-state index contributed by atoms with van der Waals surface area (Å²) < 4.78 is 5.59. The highest BCUT2D eigenvalue weighted by molar-refractivity contribution is 7.10. The van der Waals surface area contributed by atoms with Gasteiger partial charge in [0.1, 0.15) is 12.4 Å². The van der Waals surface area contributed by atoms with Gasteiger partial charge in [0, 0.05) is 24.0 Å². The number of aryl methyl sites for hydroxylation is 1. The van der Waals surface area contributed by atoms with E-state index in [9.17, 15) is 0 Å². The summed E-state index contributed by atoms with van der Waals surface area (Å²) in [6.07, 6.45) is 0. The lowest BCUT2D eigenvalue weighted by Crippen LogP contribution is -2.20. The lowest BCUT2D eigenvalue weighted by Gasteiger charge is -2.10. The van der Waals surface area contributed by atoms with E-state index in [0.717, 1.165) is 13.1 Å². The van der Waals surface area contributed by atoms with E-state index in [4.69, 9.17) is 39.5 Å². The minimum Gasteiger partial charge on any atom is -0.491 e. The van der Waals surface area contributed by atoms with Crippen LogP contribution in [-0.2, 0) is 6.54 Å². The Morgan fingerprint density at radius 1 is 1.15 bits per heavy atom. The van der Waals surface area contributed by atoms with Crippen molar-refractivity contribution in [1.82, 2.24) is 5.32 Å². The minimum absolute atomic E-state index is 0.426. The van der Waals surface area contributed by atoms with Crippen LogP contribution in [0.2, 0.25) is 15.1 Å². The topological polar surface area (TPSA) is 21.3 Å². The quantitative estimate of drug-likeness (QED) is 0.572. The van der Waals surface area contributed by atoms with Gasteiger partial charge in [-0.25, -0.2) is 0 Å². The zero-order valence-electron chi connectivity index (χ0n) is 10.9. The molecule has 1 aromatic carbocycles. The number of hydrogen-bond donors (Lipinski definition) is 1. The molecule has 0 aliphatic rings. The minimum atomic E-state index is 0.426. The van der Waals surface area contributed by atoms with Crippen molar-refractivity contribution in [3.63, 3.8) is 0 Å². The van der Waals surface area contributed by atoms with Crippen molar-refractivity contribution in [2.45, 2.75) is 13.5 Å². The first-order valence-corrected chi connectivity index (χ1v) is 8.10. The maximum absolute atomic E-state index is 6.03. The molecule has 20 heavy (non-hydrogen) atoms. The Bertz CT molecular complexity index is 586. The molecule has 0 spiro atoms. The molecule has 0 bridgehead atoms. The number of benzene rings is 1. The first kappa shape index (κ1) is 15.9. The van der Waals surface area contributed by atoms with Crippen molar-refractivity contribution in [2.75, 3.05) is 13.2 Å². The second-order valence-corrected chi connectivity index (χ2v) is 6.47. The summed E-state index contributed by atoms with van der Waals surface area (Å²) in [7, 11) is 0. The average molecular weight is 351 g/mol. The summed E-state index contributed by atoms with van der Waals surface area (Å²) in [5.41, 5.74) is 1.32. The fourth-order valence-corrected chi connectivity index (χ4v) is 3.10. The van der Waals surface area contributed by atoms with Crippen LogP contribution in [0, 0.1) is 6.92 Å². The summed E-state index contributed by atoms with van der Waals surface area (Å²) in [6.45, 7) is 4.21. The summed E-state index contributed by atoms with van der Waals surface area (Å²) in [6, 6.07) is 5.34. The Hall–Kier alpha value is -0.450. The highest BCUT2D eigenvalue weighted by Gasteiger charge is 2.07. The van der Waals surface area contributed by atoms with E-state index < -0.39 is 0 Å². The fourth-order valence-electron chi connectivity index (χ4n) is 1.64. The van der Waals surface area contributed by atoms with Crippen LogP contribution < -0.4 is 10.1 Å². The Balaban J connectivity index is 1.76. The number of hydrogen-bond acceptors (Lipinski definition) is 3. The van der Waals surface area contributed by atoms with Gasteiger partial charge in [0.2, 0.25) is 0 Å². The van der Waals surface area contributed by atoms with Gasteiger partial charge in [-0.05, 0) is 30.0 Å². The second kappa shape index (κ2) is 7.53. The molecule has 6 heteroatoms. The average Bonchev–Trinajstić information content (AvgIpc) is 2.80. The van der Waals surface area contributed by atoms with E-state index in [0.29, 0.717) is 27.4 Å². The van der Waals surface area contributed by atoms with Gasteiger partial charge in [-0.3, -0.25) is 0 Å². The van der Waals surface area contributed by atoms with E-state index >= 15 is 0 Å². The van der Waals surface area contributed by atoms with E-state index in [2.05, 4.69) is 23.7 Å².